The number of hydrogen-bond donors (Lipinski definition) is 0. The van der Waals surface area contributed by atoms with Gasteiger partial charge in [0.15, 0.2) is 5.13 Å². The molecule has 0 N–H and O–H groups in total. The molecule has 0 aliphatic carbocycles. The third-order valence-corrected chi connectivity index (χ3v) is 7.58. The molecule has 1 aromatic heterocycles. The molecular weight excluding hydrogens is 444 g/mol. The average Bonchev–Trinajstić information content (AvgIpc) is 3.50. The highest BCUT2D eigenvalue weighted by atomic mass is 32.2. The lowest BCUT2D eigenvalue weighted by atomic mass is 10.2. The van der Waals surface area contributed by atoms with Gasteiger partial charge in [-0.1, -0.05) is 29.5 Å². The molecule has 8 heteroatoms. The summed E-state index contributed by atoms with van der Waals surface area (Å²) in [4.78, 5) is 21.1. The second-order valence-electron chi connectivity index (χ2n) is 7.55. The lowest BCUT2D eigenvalue weighted by Gasteiger charge is -2.23. The van der Waals surface area contributed by atoms with E-state index in [9.17, 15) is 4.79 Å². The van der Waals surface area contributed by atoms with E-state index in [1.54, 1.807) is 30.9 Å². The zero-order valence-corrected chi connectivity index (χ0v) is 20.0. The van der Waals surface area contributed by atoms with E-state index >= 15 is 0 Å². The molecule has 1 atom stereocenters. The standard InChI is InChI=1S/C24H28N2O4S2/c1-28-19-12-13-20(29-2)23-22(19)25-24(32-23)26(16-17-8-6-14-30-17)21(27)11-7-15-31-18-9-4-3-5-10-18/h3-5,9-10,12-13,17H,6-8,11,14-16H2,1-2H3. The maximum atomic E-state index is 13.3. The summed E-state index contributed by atoms with van der Waals surface area (Å²) in [6.07, 6.45) is 3.32. The molecule has 1 saturated heterocycles. The normalized spacial score (nSPS) is 15.8. The van der Waals surface area contributed by atoms with Crippen molar-refractivity contribution in [3.05, 3.63) is 42.5 Å². The van der Waals surface area contributed by atoms with Gasteiger partial charge >= 0.3 is 0 Å². The molecule has 0 radical (unpaired) electrons. The number of hydrogen-bond acceptors (Lipinski definition) is 7. The van der Waals surface area contributed by atoms with E-state index < -0.39 is 0 Å². The lowest BCUT2D eigenvalue weighted by molar-refractivity contribution is -0.119. The predicted molar refractivity (Wildman–Crippen MR) is 130 cm³/mol. The largest absolute Gasteiger partial charge is 0.495 e. The summed E-state index contributed by atoms with van der Waals surface area (Å²) in [6.45, 7) is 1.27. The van der Waals surface area contributed by atoms with Crippen molar-refractivity contribution in [2.45, 2.75) is 36.7 Å². The summed E-state index contributed by atoms with van der Waals surface area (Å²) in [5.41, 5.74) is 0.719. The summed E-state index contributed by atoms with van der Waals surface area (Å²) in [7, 11) is 3.26. The van der Waals surface area contributed by atoms with Gasteiger partial charge in [0.25, 0.3) is 0 Å². The molecule has 6 nitrogen and oxygen atoms in total. The Balaban J connectivity index is 1.51. The topological polar surface area (TPSA) is 60.9 Å². The number of ether oxygens (including phenoxy) is 3. The van der Waals surface area contributed by atoms with Gasteiger partial charge in [0.2, 0.25) is 5.91 Å². The molecule has 1 aliphatic rings. The first-order chi connectivity index (χ1) is 15.7. The van der Waals surface area contributed by atoms with Crippen LogP contribution in [0.1, 0.15) is 25.7 Å². The molecule has 0 bridgehead atoms. The van der Waals surface area contributed by atoms with E-state index in [1.165, 1.54) is 16.2 Å². The van der Waals surface area contributed by atoms with Crippen LogP contribution in [0.2, 0.25) is 0 Å². The van der Waals surface area contributed by atoms with Crippen molar-refractivity contribution in [1.82, 2.24) is 4.98 Å². The number of amides is 1. The number of aromatic nitrogens is 1. The van der Waals surface area contributed by atoms with Crippen LogP contribution in [0.5, 0.6) is 11.5 Å². The first-order valence-electron chi connectivity index (χ1n) is 10.8. The first kappa shape index (κ1) is 22.9. The first-order valence-corrected chi connectivity index (χ1v) is 12.6. The van der Waals surface area contributed by atoms with E-state index in [2.05, 4.69) is 12.1 Å². The molecule has 3 aromatic rings. The van der Waals surface area contributed by atoms with Crippen molar-refractivity contribution in [3.8, 4) is 11.5 Å². The number of rotatable bonds is 10. The minimum atomic E-state index is 0.0495. The van der Waals surface area contributed by atoms with Crippen molar-refractivity contribution in [3.63, 3.8) is 0 Å². The highest BCUT2D eigenvalue weighted by molar-refractivity contribution is 7.99. The monoisotopic (exact) mass is 472 g/mol. The van der Waals surface area contributed by atoms with Gasteiger partial charge < -0.3 is 14.2 Å². The Morgan fingerprint density at radius 2 is 1.97 bits per heavy atom. The van der Waals surface area contributed by atoms with Crippen molar-refractivity contribution in [1.29, 1.82) is 0 Å². The van der Waals surface area contributed by atoms with Crippen LogP contribution in [0.25, 0.3) is 10.2 Å². The summed E-state index contributed by atoms with van der Waals surface area (Å²) < 4.78 is 17.7. The molecule has 32 heavy (non-hydrogen) atoms. The van der Waals surface area contributed by atoms with Crippen LogP contribution in [0.15, 0.2) is 47.4 Å². The lowest BCUT2D eigenvalue weighted by Crippen LogP contribution is -2.37. The number of anilines is 1. The molecule has 0 spiro atoms. The van der Waals surface area contributed by atoms with Gasteiger partial charge in [-0.3, -0.25) is 9.69 Å². The number of nitrogens with zero attached hydrogens (tertiary/aromatic N) is 2. The molecule has 170 valence electrons. The van der Waals surface area contributed by atoms with Crippen molar-refractivity contribution >= 4 is 44.4 Å². The minimum absolute atomic E-state index is 0.0495. The molecule has 2 aromatic carbocycles. The van der Waals surface area contributed by atoms with Crippen LogP contribution < -0.4 is 14.4 Å². The Hall–Kier alpha value is -2.29. The van der Waals surface area contributed by atoms with Crippen LogP contribution >= 0.6 is 23.1 Å². The maximum absolute atomic E-state index is 13.3. The molecule has 1 fully saturated rings. The van der Waals surface area contributed by atoms with Crippen LogP contribution in [-0.2, 0) is 9.53 Å². The van der Waals surface area contributed by atoms with Gasteiger partial charge in [0.05, 0.1) is 26.9 Å². The summed E-state index contributed by atoms with van der Waals surface area (Å²) in [6, 6.07) is 14.0. The fraction of sp³-hybridized carbons (Fsp3) is 0.417. The highest BCUT2D eigenvalue weighted by Crippen LogP contribution is 2.40. The van der Waals surface area contributed by atoms with E-state index in [0.29, 0.717) is 23.8 Å². The van der Waals surface area contributed by atoms with Crippen molar-refractivity contribution < 1.29 is 19.0 Å². The van der Waals surface area contributed by atoms with Gasteiger partial charge in [0, 0.05) is 17.9 Å². The number of carbonyl (C=O) groups is 1. The molecule has 1 amide bonds. The SMILES string of the molecule is COc1ccc(OC)c2sc(N(CC3CCCO3)C(=O)CCCSc3ccccc3)nc12. The Labute approximate surface area is 196 Å². The summed E-state index contributed by atoms with van der Waals surface area (Å²) >= 11 is 3.24. The fourth-order valence-corrected chi connectivity index (χ4v) is 5.71. The van der Waals surface area contributed by atoms with Gasteiger partial charge in [-0.2, -0.15) is 0 Å². The van der Waals surface area contributed by atoms with E-state index in [1.807, 2.05) is 30.3 Å². The third-order valence-electron chi connectivity index (χ3n) is 5.39. The minimum Gasteiger partial charge on any atom is -0.495 e. The molecule has 1 aliphatic heterocycles. The number of thioether (sulfide) groups is 1. The number of carbonyl (C=O) groups excluding carboxylic acids is 1. The quantitative estimate of drug-likeness (QED) is 0.291. The Bertz CT molecular complexity index is 994. The molecular formula is C24H28N2O4S2. The highest BCUT2D eigenvalue weighted by Gasteiger charge is 2.27. The number of benzene rings is 2. The van der Waals surface area contributed by atoms with E-state index in [4.69, 9.17) is 19.2 Å². The Morgan fingerprint density at radius 1 is 1.19 bits per heavy atom. The molecule has 0 saturated carbocycles. The Morgan fingerprint density at radius 3 is 2.69 bits per heavy atom. The predicted octanol–water partition coefficient (Wildman–Crippen LogP) is 5.40. The Kier molecular flexibility index (Phi) is 7.89. The maximum Gasteiger partial charge on any atom is 0.228 e. The van der Waals surface area contributed by atoms with Gasteiger partial charge in [-0.25, -0.2) is 4.98 Å². The van der Waals surface area contributed by atoms with Crippen molar-refractivity contribution in [2.75, 3.05) is 38.0 Å². The zero-order valence-electron chi connectivity index (χ0n) is 18.4. The number of thiazole rings is 1. The number of methoxy groups -OCH3 is 2. The van der Waals surface area contributed by atoms with Crippen molar-refractivity contribution in [2.24, 2.45) is 0 Å². The van der Waals surface area contributed by atoms with E-state index in [-0.39, 0.29) is 12.0 Å². The average molecular weight is 473 g/mol. The van der Waals surface area contributed by atoms with Gasteiger partial charge in [0.1, 0.15) is 21.7 Å². The van der Waals surface area contributed by atoms with Crippen LogP contribution in [0, 0.1) is 0 Å². The smallest absolute Gasteiger partial charge is 0.228 e. The van der Waals surface area contributed by atoms with Crippen LogP contribution in [0.3, 0.4) is 0 Å². The summed E-state index contributed by atoms with van der Waals surface area (Å²) in [5, 5.41) is 0.666. The zero-order chi connectivity index (χ0) is 22.3. The second-order valence-corrected chi connectivity index (χ2v) is 9.69. The van der Waals surface area contributed by atoms with E-state index in [0.717, 1.165) is 47.6 Å². The fourth-order valence-electron chi connectivity index (χ4n) is 3.73. The van der Waals surface area contributed by atoms with Gasteiger partial charge in [-0.15, -0.1) is 11.8 Å². The second kappa shape index (κ2) is 11.0. The molecule has 4 rings (SSSR count). The van der Waals surface area contributed by atoms with Crippen LogP contribution in [0.4, 0.5) is 5.13 Å². The molecule has 2 heterocycles. The number of fused-ring (bicyclic) bond motifs is 1. The summed E-state index contributed by atoms with van der Waals surface area (Å²) in [5.74, 6) is 2.37. The molecule has 1 unspecified atom stereocenters. The van der Waals surface area contributed by atoms with Gasteiger partial charge in [-0.05, 0) is 49.3 Å². The third kappa shape index (κ3) is 5.36. The van der Waals surface area contributed by atoms with Crippen LogP contribution in [-0.4, -0.2) is 50.1 Å².